The molecule has 0 spiro atoms. The van der Waals surface area contributed by atoms with Gasteiger partial charge in [-0.05, 0) is 59.8 Å². The number of likely N-dealkylation sites (tertiary alicyclic amines) is 1. The van der Waals surface area contributed by atoms with Gasteiger partial charge in [-0.15, -0.1) is 11.3 Å². The van der Waals surface area contributed by atoms with Crippen molar-refractivity contribution in [1.82, 2.24) is 4.90 Å². The van der Waals surface area contributed by atoms with Gasteiger partial charge in [0.2, 0.25) is 5.75 Å². The Morgan fingerprint density at radius 2 is 1.68 bits per heavy atom. The van der Waals surface area contributed by atoms with Crippen LogP contribution in [-0.4, -0.2) is 49.6 Å². The Balaban J connectivity index is 1.87. The van der Waals surface area contributed by atoms with Gasteiger partial charge in [-0.3, -0.25) is 9.59 Å². The third kappa shape index (κ3) is 5.13. The minimum atomic E-state index is -0.883. The van der Waals surface area contributed by atoms with Gasteiger partial charge >= 0.3 is 0 Å². The zero-order valence-corrected chi connectivity index (χ0v) is 22.0. The minimum Gasteiger partial charge on any atom is -0.507 e. The number of nitrogens with zero attached hydrogens (tertiary/aromatic N) is 1. The molecule has 1 amide bonds. The summed E-state index contributed by atoms with van der Waals surface area (Å²) in [6.45, 7) is 2.78. The average molecular weight is 524 g/mol. The van der Waals surface area contributed by atoms with Crippen molar-refractivity contribution in [1.29, 1.82) is 0 Å². The number of Topliss-reactive ketones (excluding diaryl/α,β-unsaturated/α-hetero) is 1. The summed E-state index contributed by atoms with van der Waals surface area (Å²) in [4.78, 5) is 29.0. The first-order valence-electron chi connectivity index (χ1n) is 11.8. The lowest BCUT2D eigenvalue weighted by molar-refractivity contribution is -0.140. The largest absolute Gasteiger partial charge is 0.507 e. The fourth-order valence-corrected chi connectivity index (χ4v) is 5.01. The molecule has 9 heteroatoms. The van der Waals surface area contributed by atoms with Gasteiger partial charge in [0.15, 0.2) is 11.5 Å². The third-order valence-electron chi connectivity index (χ3n) is 6.05. The van der Waals surface area contributed by atoms with Crippen LogP contribution in [0.3, 0.4) is 0 Å². The van der Waals surface area contributed by atoms with Gasteiger partial charge < -0.3 is 29.0 Å². The number of rotatable bonds is 10. The Bertz CT molecular complexity index is 1270. The maximum Gasteiger partial charge on any atom is 0.295 e. The van der Waals surface area contributed by atoms with Crippen LogP contribution in [0.4, 0.5) is 0 Å². The van der Waals surface area contributed by atoms with Crippen molar-refractivity contribution in [2.45, 2.75) is 25.9 Å². The number of amides is 1. The summed E-state index contributed by atoms with van der Waals surface area (Å²) in [5.74, 6) is 0.0415. The van der Waals surface area contributed by atoms with Crippen molar-refractivity contribution >= 4 is 28.8 Å². The van der Waals surface area contributed by atoms with Crippen molar-refractivity contribution in [3.05, 3.63) is 75.5 Å². The Labute approximate surface area is 219 Å². The fourth-order valence-electron chi connectivity index (χ4n) is 4.30. The molecule has 1 aliphatic rings. The van der Waals surface area contributed by atoms with Crippen LogP contribution in [0.2, 0.25) is 0 Å². The molecule has 194 valence electrons. The molecule has 0 bridgehead atoms. The maximum atomic E-state index is 13.4. The average Bonchev–Trinajstić information content (AvgIpc) is 3.53. The number of hydrogen-bond acceptors (Lipinski definition) is 8. The number of hydrogen-bond donors (Lipinski definition) is 1. The van der Waals surface area contributed by atoms with Gasteiger partial charge in [0.05, 0.1) is 46.1 Å². The molecule has 1 N–H and O–H groups in total. The molecule has 4 rings (SSSR count). The maximum absolute atomic E-state index is 13.4. The SMILES string of the molecule is CCCOc1ccc(/C(O)=C2\C(=O)C(=O)N(Cc3cccs3)C2c2cc(OC)c(OC)c(OC)c2)cc1. The molecule has 0 radical (unpaired) electrons. The Morgan fingerprint density at radius 1 is 1.00 bits per heavy atom. The van der Waals surface area contributed by atoms with Gasteiger partial charge in [-0.2, -0.15) is 0 Å². The van der Waals surface area contributed by atoms with E-state index in [4.69, 9.17) is 18.9 Å². The Hall–Kier alpha value is -3.98. The lowest BCUT2D eigenvalue weighted by atomic mass is 9.94. The summed E-state index contributed by atoms with van der Waals surface area (Å²) in [5, 5.41) is 13.3. The second kappa shape index (κ2) is 11.4. The van der Waals surface area contributed by atoms with Crippen molar-refractivity contribution in [3.63, 3.8) is 0 Å². The highest BCUT2D eigenvalue weighted by Gasteiger charge is 2.46. The van der Waals surface area contributed by atoms with Crippen LogP contribution >= 0.6 is 11.3 Å². The van der Waals surface area contributed by atoms with Crippen LogP contribution in [0.15, 0.2) is 59.5 Å². The fraction of sp³-hybridized carbons (Fsp3) is 0.286. The first-order chi connectivity index (χ1) is 17.9. The van der Waals surface area contributed by atoms with Gasteiger partial charge in [0.25, 0.3) is 11.7 Å². The van der Waals surface area contributed by atoms with E-state index in [9.17, 15) is 14.7 Å². The van der Waals surface area contributed by atoms with Crippen LogP contribution in [0.5, 0.6) is 23.0 Å². The highest BCUT2D eigenvalue weighted by Crippen LogP contribution is 2.46. The first-order valence-corrected chi connectivity index (χ1v) is 12.6. The molecule has 37 heavy (non-hydrogen) atoms. The molecule has 0 aliphatic carbocycles. The highest BCUT2D eigenvalue weighted by molar-refractivity contribution is 7.09. The number of carbonyl (C=O) groups excluding carboxylic acids is 2. The summed E-state index contributed by atoms with van der Waals surface area (Å²) >= 11 is 1.48. The summed E-state index contributed by atoms with van der Waals surface area (Å²) in [7, 11) is 4.48. The topological polar surface area (TPSA) is 94.5 Å². The molecule has 1 saturated heterocycles. The van der Waals surface area contributed by atoms with E-state index in [2.05, 4.69) is 0 Å². The molecule has 3 aromatic rings. The van der Waals surface area contributed by atoms with Gasteiger partial charge in [-0.1, -0.05) is 13.0 Å². The second-order valence-corrected chi connectivity index (χ2v) is 9.37. The first kappa shape index (κ1) is 26.1. The van der Waals surface area contributed by atoms with Crippen molar-refractivity contribution in [3.8, 4) is 23.0 Å². The summed E-state index contributed by atoms with van der Waals surface area (Å²) in [6.07, 6.45) is 0.865. The number of ether oxygens (including phenoxy) is 4. The summed E-state index contributed by atoms with van der Waals surface area (Å²) in [5.41, 5.74) is 0.920. The smallest absolute Gasteiger partial charge is 0.295 e. The van der Waals surface area contributed by atoms with Crippen LogP contribution < -0.4 is 18.9 Å². The van der Waals surface area contributed by atoms with Crippen LogP contribution in [0, 0.1) is 0 Å². The monoisotopic (exact) mass is 523 g/mol. The molecule has 8 nitrogen and oxygen atoms in total. The number of ketones is 1. The van der Waals surface area contributed by atoms with E-state index in [-0.39, 0.29) is 17.9 Å². The molecule has 1 fully saturated rings. The minimum absolute atomic E-state index is 0.0157. The molecule has 2 heterocycles. The van der Waals surface area contributed by atoms with Crippen molar-refractivity contribution in [2.24, 2.45) is 0 Å². The summed E-state index contributed by atoms with van der Waals surface area (Å²) in [6, 6.07) is 13.0. The number of benzene rings is 2. The Morgan fingerprint density at radius 3 is 2.22 bits per heavy atom. The van der Waals surface area contributed by atoms with Gasteiger partial charge in [-0.25, -0.2) is 0 Å². The van der Waals surface area contributed by atoms with E-state index in [0.29, 0.717) is 40.7 Å². The van der Waals surface area contributed by atoms with E-state index in [1.54, 1.807) is 36.4 Å². The van der Waals surface area contributed by atoms with Crippen LogP contribution in [0.1, 0.15) is 35.4 Å². The quantitative estimate of drug-likeness (QED) is 0.222. The lowest BCUT2D eigenvalue weighted by Gasteiger charge is -2.26. The molecular formula is C28H29NO7S. The van der Waals surface area contributed by atoms with Crippen molar-refractivity contribution in [2.75, 3.05) is 27.9 Å². The number of aliphatic hydroxyl groups is 1. The predicted octanol–water partition coefficient (Wildman–Crippen LogP) is 5.18. The molecular weight excluding hydrogens is 494 g/mol. The van der Waals surface area contributed by atoms with Crippen LogP contribution in [0.25, 0.3) is 5.76 Å². The second-order valence-electron chi connectivity index (χ2n) is 8.34. The van der Waals surface area contributed by atoms with E-state index < -0.39 is 17.7 Å². The normalized spacial score (nSPS) is 16.6. The van der Waals surface area contributed by atoms with Gasteiger partial charge in [0, 0.05) is 10.4 Å². The standard InChI is InChI=1S/C28H29NO7S/c1-5-12-36-19-10-8-17(9-11-19)25(30)23-24(18-14-21(33-2)27(35-4)22(15-18)34-3)29(28(32)26(23)31)16-20-7-6-13-37-20/h6-11,13-15,24,30H,5,12,16H2,1-4H3/b25-23+. The van der Waals surface area contributed by atoms with Crippen LogP contribution in [-0.2, 0) is 16.1 Å². The van der Waals surface area contributed by atoms with E-state index in [1.807, 2.05) is 24.4 Å². The lowest BCUT2D eigenvalue weighted by Crippen LogP contribution is -2.29. The van der Waals surface area contributed by atoms with Crippen molar-refractivity contribution < 1.29 is 33.6 Å². The summed E-state index contributed by atoms with van der Waals surface area (Å²) < 4.78 is 22.1. The van der Waals surface area contributed by atoms with E-state index in [1.165, 1.54) is 37.6 Å². The molecule has 1 atom stereocenters. The molecule has 1 aromatic heterocycles. The van der Waals surface area contributed by atoms with E-state index >= 15 is 0 Å². The zero-order valence-electron chi connectivity index (χ0n) is 21.1. The molecule has 1 aliphatic heterocycles. The number of thiophene rings is 1. The Kier molecular flexibility index (Phi) is 8.03. The zero-order chi connectivity index (χ0) is 26.5. The third-order valence-corrected chi connectivity index (χ3v) is 6.91. The van der Waals surface area contributed by atoms with Gasteiger partial charge in [0.1, 0.15) is 11.5 Å². The number of aliphatic hydroxyl groups excluding tert-OH is 1. The molecule has 1 unspecified atom stereocenters. The molecule has 0 saturated carbocycles. The van der Waals surface area contributed by atoms with E-state index in [0.717, 1.165) is 11.3 Å². The number of carbonyl (C=O) groups is 2. The molecule has 2 aromatic carbocycles. The highest BCUT2D eigenvalue weighted by atomic mass is 32.1. The number of methoxy groups -OCH3 is 3. The predicted molar refractivity (Wildman–Crippen MR) is 140 cm³/mol.